The van der Waals surface area contributed by atoms with Gasteiger partial charge in [0.2, 0.25) is 5.95 Å². The van der Waals surface area contributed by atoms with Gasteiger partial charge in [0.15, 0.2) is 0 Å². The van der Waals surface area contributed by atoms with Crippen molar-refractivity contribution >= 4 is 17.3 Å². The third kappa shape index (κ3) is 7.51. The second-order valence-electron chi connectivity index (χ2n) is 6.58. The first kappa shape index (κ1) is 19.8. The molecule has 0 radical (unpaired) electrons. The average molecular weight is 361 g/mol. The zero-order valence-electron chi connectivity index (χ0n) is 15.8. The van der Waals surface area contributed by atoms with Crippen LogP contribution in [0.3, 0.4) is 0 Å². The molecule has 0 N–H and O–H groups in total. The van der Waals surface area contributed by atoms with Crippen LogP contribution in [0.4, 0.5) is 5.95 Å². The minimum atomic E-state index is 0.860. The van der Waals surface area contributed by atoms with Gasteiger partial charge in [-0.2, -0.15) is 0 Å². The van der Waals surface area contributed by atoms with E-state index in [4.69, 9.17) is 0 Å². The van der Waals surface area contributed by atoms with Gasteiger partial charge in [-0.05, 0) is 18.4 Å². The Balaban J connectivity index is 1.82. The van der Waals surface area contributed by atoms with Crippen LogP contribution in [0.25, 0.3) is 0 Å². The van der Waals surface area contributed by atoms with E-state index in [0.717, 1.165) is 31.9 Å². The van der Waals surface area contributed by atoms with Gasteiger partial charge >= 0.3 is 0 Å². The lowest BCUT2D eigenvalue weighted by Gasteiger charge is -2.22. The van der Waals surface area contributed by atoms with Crippen molar-refractivity contribution in [2.24, 2.45) is 0 Å². The summed E-state index contributed by atoms with van der Waals surface area (Å²) in [5.41, 5.74) is 4.27. The minimum absolute atomic E-state index is 0.860. The van der Waals surface area contributed by atoms with Crippen molar-refractivity contribution in [1.82, 2.24) is 15.0 Å². The summed E-state index contributed by atoms with van der Waals surface area (Å²) in [5.74, 6) is 0.860. The molecule has 0 aromatic carbocycles. The lowest BCUT2D eigenvalue weighted by molar-refractivity contribution is 0.580. The Labute approximate surface area is 156 Å². The highest BCUT2D eigenvalue weighted by atomic mass is 32.1. The summed E-state index contributed by atoms with van der Waals surface area (Å²) in [6.45, 7) is 6.37. The zero-order chi connectivity index (χ0) is 17.7. The summed E-state index contributed by atoms with van der Waals surface area (Å²) < 4.78 is 0. The molecule has 0 spiro atoms. The van der Waals surface area contributed by atoms with E-state index in [1.165, 1.54) is 56.2 Å². The average Bonchev–Trinajstić information content (AvgIpc) is 3.17. The van der Waals surface area contributed by atoms with E-state index in [1.54, 1.807) is 11.3 Å². The fraction of sp³-hybridized carbons (Fsp3) is 0.650. The summed E-state index contributed by atoms with van der Waals surface area (Å²) in [6.07, 6.45) is 15.1. The summed E-state index contributed by atoms with van der Waals surface area (Å²) in [6, 6.07) is 0. The van der Waals surface area contributed by atoms with Gasteiger partial charge in [0.1, 0.15) is 0 Å². The molecule has 0 aliphatic heterocycles. The smallest absolute Gasteiger partial charge is 0.225 e. The van der Waals surface area contributed by atoms with Crippen molar-refractivity contribution in [1.29, 1.82) is 0 Å². The van der Waals surface area contributed by atoms with Crippen molar-refractivity contribution < 1.29 is 0 Å². The molecule has 5 heteroatoms. The number of hydrogen-bond acceptors (Lipinski definition) is 5. The van der Waals surface area contributed by atoms with Gasteiger partial charge in [-0.3, -0.25) is 0 Å². The van der Waals surface area contributed by atoms with Crippen molar-refractivity contribution in [2.45, 2.75) is 71.6 Å². The molecule has 25 heavy (non-hydrogen) atoms. The molecule has 138 valence electrons. The third-order valence-corrected chi connectivity index (χ3v) is 5.17. The van der Waals surface area contributed by atoms with Gasteiger partial charge in [-0.25, -0.2) is 15.0 Å². The van der Waals surface area contributed by atoms with E-state index >= 15 is 0 Å². The van der Waals surface area contributed by atoms with Crippen molar-refractivity contribution in [2.75, 3.05) is 18.0 Å². The molecule has 2 aromatic rings. The quantitative estimate of drug-likeness (QED) is 0.455. The summed E-state index contributed by atoms with van der Waals surface area (Å²) >= 11 is 1.66. The number of anilines is 1. The Morgan fingerprint density at radius 1 is 0.880 bits per heavy atom. The predicted molar refractivity (Wildman–Crippen MR) is 107 cm³/mol. The molecule has 0 aliphatic rings. The number of aryl methyl sites for hydroxylation is 1. The maximum Gasteiger partial charge on any atom is 0.225 e. The van der Waals surface area contributed by atoms with Crippen LogP contribution in [0.1, 0.15) is 70.1 Å². The van der Waals surface area contributed by atoms with Crippen molar-refractivity contribution in [3.8, 4) is 0 Å². The highest BCUT2D eigenvalue weighted by molar-refractivity contribution is 7.07. The lowest BCUT2D eigenvalue weighted by Crippen LogP contribution is -2.29. The summed E-state index contributed by atoms with van der Waals surface area (Å²) in [4.78, 5) is 15.9. The van der Waals surface area contributed by atoms with Gasteiger partial charge in [0, 0.05) is 37.3 Å². The monoisotopic (exact) mass is 360 g/mol. The van der Waals surface area contributed by atoms with Crippen LogP contribution in [0.15, 0.2) is 23.3 Å². The van der Waals surface area contributed by atoms with Gasteiger partial charge < -0.3 is 4.90 Å². The molecule has 0 bridgehead atoms. The molecule has 0 unspecified atom stereocenters. The summed E-state index contributed by atoms with van der Waals surface area (Å²) in [5, 5.41) is 2.13. The number of aromatic nitrogens is 3. The third-order valence-electron chi connectivity index (χ3n) is 4.54. The SMILES string of the molecule is CCCCCCCCCN(CCc1cscn1)c1ncc(CC)cn1. The number of hydrogen-bond donors (Lipinski definition) is 0. The molecule has 0 fully saturated rings. The Kier molecular flexibility index (Phi) is 9.49. The van der Waals surface area contributed by atoms with Gasteiger partial charge in [0.25, 0.3) is 0 Å². The van der Waals surface area contributed by atoms with Crippen LogP contribution in [0.2, 0.25) is 0 Å². The molecular formula is C20H32N4S. The standard InChI is InChI=1S/C20H32N4S/c1-3-5-6-7-8-9-10-12-24(13-11-19-16-25-17-23-19)20-21-14-18(4-2)15-22-20/h14-17H,3-13H2,1-2H3. The second kappa shape index (κ2) is 12.0. The van der Waals surface area contributed by atoms with Gasteiger partial charge in [-0.1, -0.05) is 52.4 Å². The minimum Gasteiger partial charge on any atom is -0.340 e. The van der Waals surface area contributed by atoms with Crippen LogP contribution in [-0.4, -0.2) is 28.0 Å². The van der Waals surface area contributed by atoms with Crippen LogP contribution in [-0.2, 0) is 12.8 Å². The van der Waals surface area contributed by atoms with Gasteiger partial charge in [0.05, 0.1) is 11.2 Å². The Morgan fingerprint density at radius 3 is 2.24 bits per heavy atom. The molecule has 0 saturated carbocycles. The highest BCUT2D eigenvalue weighted by Gasteiger charge is 2.10. The van der Waals surface area contributed by atoms with Crippen LogP contribution in [0.5, 0.6) is 0 Å². The topological polar surface area (TPSA) is 41.9 Å². The molecule has 2 heterocycles. The number of nitrogens with zero attached hydrogens (tertiary/aromatic N) is 4. The van der Waals surface area contributed by atoms with Crippen LogP contribution >= 0.6 is 11.3 Å². The Morgan fingerprint density at radius 2 is 1.60 bits per heavy atom. The van der Waals surface area contributed by atoms with E-state index in [9.17, 15) is 0 Å². The van der Waals surface area contributed by atoms with E-state index in [1.807, 2.05) is 17.9 Å². The van der Waals surface area contributed by atoms with E-state index in [0.29, 0.717) is 0 Å². The van der Waals surface area contributed by atoms with Gasteiger partial charge in [-0.15, -0.1) is 11.3 Å². The Hall–Kier alpha value is -1.49. The maximum atomic E-state index is 4.59. The first-order chi connectivity index (χ1) is 12.3. The maximum absolute atomic E-state index is 4.59. The molecule has 0 saturated heterocycles. The Bertz CT molecular complexity index is 554. The number of thiazole rings is 1. The molecule has 0 amide bonds. The lowest BCUT2D eigenvalue weighted by atomic mass is 10.1. The van der Waals surface area contributed by atoms with Crippen LogP contribution in [0, 0.1) is 0 Å². The molecule has 0 atom stereocenters. The first-order valence-corrected chi connectivity index (χ1v) is 10.7. The number of unbranched alkanes of at least 4 members (excludes halogenated alkanes) is 6. The zero-order valence-corrected chi connectivity index (χ0v) is 16.6. The fourth-order valence-electron chi connectivity index (χ4n) is 2.88. The van der Waals surface area contributed by atoms with Crippen LogP contribution < -0.4 is 4.90 Å². The molecule has 2 rings (SSSR count). The van der Waals surface area contributed by atoms with Crippen molar-refractivity contribution in [3.05, 3.63) is 34.5 Å². The van der Waals surface area contributed by atoms with E-state index in [2.05, 4.69) is 39.1 Å². The molecule has 2 aromatic heterocycles. The highest BCUT2D eigenvalue weighted by Crippen LogP contribution is 2.13. The van der Waals surface area contributed by atoms with E-state index < -0.39 is 0 Å². The van der Waals surface area contributed by atoms with Crippen molar-refractivity contribution in [3.63, 3.8) is 0 Å². The molecule has 0 aliphatic carbocycles. The fourth-order valence-corrected chi connectivity index (χ4v) is 3.47. The largest absolute Gasteiger partial charge is 0.340 e. The molecule has 4 nitrogen and oxygen atoms in total. The predicted octanol–water partition coefficient (Wildman–Crippen LogP) is 5.30. The first-order valence-electron chi connectivity index (χ1n) is 9.76. The van der Waals surface area contributed by atoms with E-state index in [-0.39, 0.29) is 0 Å². The molecular weight excluding hydrogens is 328 g/mol. The summed E-state index contributed by atoms with van der Waals surface area (Å²) in [7, 11) is 0. The normalized spacial score (nSPS) is 11.0. The number of rotatable bonds is 13. The second-order valence-corrected chi connectivity index (χ2v) is 7.30.